The van der Waals surface area contributed by atoms with E-state index in [0.717, 1.165) is 17.0 Å². The van der Waals surface area contributed by atoms with Crippen LogP contribution in [0, 0.1) is 11.6 Å². The highest BCUT2D eigenvalue weighted by molar-refractivity contribution is 9.10. The van der Waals surface area contributed by atoms with E-state index in [2.05, 4.69) is 15.9 Å². The summed E-state index contributed by atoms with van der Waals surface area (Å²) >= 11 is 2.92. The summed E-state index contributed by atoms with van der Waals surface area (Å²) in [5, 5.41) is 1.94. The van der Waals surface area contributed by atoms with Crippen molar-refractivity contribution < 1.29 is 18.4 Å². The van der Waals surface area contributed by atoms with Crippen molar-refractivity contribution in [3.63, 3.8) is 0 Å². The van der Waals surface area contributed by atoms with E-state index in [-0.39, 0.29) is 11.0 Å². The second-order valence-electron chi connectivity index (χ2n) is 3.16. The van der Waals surface area contributed by atoms with Crippen molar-refractivity contribution in [2.75, 3.05) is 11.4 Å². The topological polar surface area (TPSA) is 49.4 Å². The van der Waals surface area contributed by atoms with Gasteiger partial charge in [0, 0.05) is 4.47 Å². The first-order chi connectivity index (χ1) is 7.49. The molecule has 0 atom stereocenters. The lowest BCUT2D eigenvalue weighted by Crippen LogP contribution is -2.29. The summed E-state index contributed by atoms with van der Waals surface area (Å²) in [6, 6.07) is 1.22. The third kappa shape index (κ3) is 1.78. The van der Waals surface area contributed by atoms with E-state index in [9.17, 15) is 18.4 Å². The van der Waals surface area contributed by atoms with Crippen LogP contribution in [0.3, 0.4) is 0 Å². The van der Waals surface area contributed by atoms with Crippen LogP contribution in [0.15, 0.2) is 16.6 Å². The first kappa shape index (κ1) is 11.0. The van der Waals surface area contributed by atoms with Crippen molar-refractivity contribution in [2.45, 2.75) is 0 Å². The number of benzene rings is 1. The van der Waals surface area contributed by atoms with Gasteiger partial charge in [-0.25, -0.2) is 13.6 Å². The second kappa shape index (κ2) is 3.82. The van der Waals surface area contributed by atoms with Crippen LogP contribution in [-0.4, -0.2) is 18.5 Å². The lowest BCUT2D eigenvalue weighted by molar-refractivity contribution is -0.117. The van der Waals surface area contributed by atoms with Crippen molar-refractivity contribution in [1.29, 1.82) is 0 Å². The zero-order chi connectivity index (χ0) is 11.9. The van der Waals surface area contributed by atoms with Crippen molar-refractivity contribution in [2.24, 2.45) is 0 Å². The molecular weight excluding hydrogens is 286 g/mol. The molecule has 0 aromatic heterocycles. The SMILES string of the molecule is O=C1CN(c2c(F)cc(Br)cc2F)C(=O)N1. The van der Waals surface area contributed by atoms with E-state index in [4.69, 9.17) is 0 Å². The lowest BCUT2D eigenvalue weighted by Gasteiger charge is -2.15. The smallest absolute Gasteiger partial charge is 0.279 e. The number of halogens is 3. The number of urea groups is 1. The molecule has 1 heterocycles. The fraction of sp³-hybridized carbons (Fsp3) is 0.111. The van der Waals surface area contributed by atoms with Crippen LogP contribution in [0.2, 0.25) is 0 Å². The highest BCUT2D eigenvalue weighted by Gasteiger charge is 2.32. The van der Waals surface area contributed by atoms with Crippen LogP contribution in [0.5, 0.6) is 0 Å². The van der Waals surface area contributed by atoms with Gasteiger partial charge < -0.3 is 0 Å². The predicted molar refractivity (Wildman–Crippen MR) is 54.9 cm³/mol. The number of carbonyl (C=O) groups is 2. The molecule has 1 saturated heterocycles. The second-order valence-corrected chi connectivity index (χ2v) is 4.07. The first-order valence-corrected chi connectivity index (χ1v) is 5.04. The Kier molecular flexibility index (Phi) is 2.63. The maximum absolute atomic E-state index is 13.5. The Morgan fingerprint density at radius 3 is 2.25 bits per heavy atom. The zero-order valence-corrected chi connectivity index (χ0v) is 9.35. The lowest BCUT2D eigenvalue weighted by atomic mass is 10.2. The normalized spacial score (nSPS) is 15.6. The molecule has 1 N–H and O–H groups in total. The van der Waals surface area contributed by atoms with Gasteiger partial charge in [-0.3, -0.25) is 15.0 Å². The van der Waals surface area contributed by atoms with Crippen LogP contribution in [0.4, 0.5) is 19.3 Å². The molecule has 0 radical (unpaired) electrons. The summed E-state index contributed by atoms with van der Waals surface area (Å²) in [5.74, 6) is -2.40. The number of nitrogens with one attached hydrogen (secondary N) is 1. The molecule has 0 bridgehead atoms. The number of rotatable bonds is 1. The molecule has 16 heavy (non-hydrogen) atoms. The number of amides is 3. The molecule has 0 aliphatic carbocycles. The summed E-state index contributed by atoms with van der Waals surface area (Å²) in [6.07, 6.45) is 0. The quantitative estimate of drug-likeness (QED) is 0.802. The highest BCUT2D eigenvalue weighted by Crippen LogP contribution is 2.28. The minimum Gasteiger partial charge on any atom is -0.279 e. The Labute approximate surface area is 97.4 Å². The summed E-state index contributed by atoms with van der Waals surface area (Å²) in [5.41, 5.74) is -0.522. The van der Waals surface area contributed by atoms with Gasteiger partial charge >= 0.3 is 6.03 Å². The molecule has 1 aliphatic rings. The van der Waals surface area contributed by atoms with Gasteiger partial charge in [-0.15, -0.1) is 0 Å². The van der Waals surface area contributed by atoms with Crippen LogP contribution in [0.1, 0.15) is 0 Å². The van der Waals surface area contributed by atoms with Crippen molar-refractivity contribution in [1.82, 2.24) is 5.32 Å². The van der Waals surface area contributed by atoms with E-state index in [1.54, 1.807) is 0 Å². The maximum atomic E-state index is 13.5. The third-order valence-electron chi connectivity index (χ3n) is 2.04. The average Bonchev–Trinajstić information content (AvgIpc) is 2.43. The molecule has 0 unspecified atom stereocenters. The third-order valence-corrected chi connectivity index (χ3v) is 2.50. The Hall–Kier alpha value is -1.50. The summed E-state index contributed by atoms with van der Waals surface area (Å²) in [7, 11) is 0. The Morgan fingerprint density at radius 1 is 1.25 bits per heavy atom. The molecular formula is C9H5BrF2N2O2. The Morgan fingerprint density at radius 2 is 1.81 bits per heavy atom. The number of hydrogen-bond acceptors (Lipinski definition) is 2. The minimum atomic E-state index is -0.906. The van der Waals surface area contributed by atoms with Crippen LogP contribution < -0.4 is 10.2 Å². The van der Waals surface area contributed by atoms with Gasteiger partial charge in [-0.2, -0.15) is 0 Å². The molecule has 84 valence electrons. The molecule has 1 fully saturated rings. The number of carbonyl (C=O) groups excluding carboxylic acids is 2. The molecule has 3 amide bonds. The predicted octanol–water partition coefficient (Wildman–Crippen LogP) is 1.78. The Bertz CT molecular complexity index is 469. The first-order valence-electron chi connectivity index (χ1n) is 4.25. The number of hydrogen-bond donors (Lipinski definition) is 1. The van der Waals surface area contributed by atoms with Crippen molar-refractivity contribution in [3.8, 4) is 0 Å². The van der Waals surface area contributed by atoms with Gasteiger partial charge in [0.25, 0.3) is 0 Å². The maximum Gasteiger partial charge on any atom is 0.329 e. The Balaban J connectivity index is 2.48. The number of anilines is 1. The minimum absolute atomic E-state index is 0.220. The van der Waals surface area contributed by atoms with Gasteiger partial charge in [-0.1, -0.05) is 15.9 Å². The fourth-order valence-electron chi connectivity index (χ4n) is 1.41. The monoisotopic (exact) mass is 290 g/mol. The molecule has 1 aromatic rings. The molecule has 0 saturated carbocycles. The highest BCUT2D eigenvalue weighted by atomic mass is 79.9. The van der Waals surface area contributed by atoms with Crippen LogP contribution in [-0.2, 0) is 4.79 Å². The van der Waals surface area contributed by atoms with Gasteiger partial charge in [0.1, 0.15) is 12.2 Å². The van der Waals surface area contributed by atoms with Crippen LogP contribution >= 0.6 is 15.9 Å². The van der Waals surface area contributed by atoms with Gasteiger partial charge in [0.2, 0.25) is 5.91 Å². The standard InChI is InChI=1S/C9H5BrF2N2O2/c10-4-1-5(11)8(6(12)2-4)14-3-7(15)13-9(14)16/h1-2H,3H2,(H,13,15,16). The molecule has 1 aliphatic heterocycles. The summed E-state index contributed by atoms with van der Waals surface area (Å²) in [6.45, 7) is -0.381. The summed E-state index contributed by atoms with van der Waals surface area (Å²) in [4.78, 5) is 22.8. The van der Waals surface area contributed by atoms with Crippen molar-refractivity contribution >= 4 is 33.6 Å². The van der Waals surface area contributed by atoms with E-state index in [0.29, 0.717) is 0 Å². The molecule has 2 rings (SSSR count). The van der Waals surface area contributed by atoms with Crippen LogP contribution in [0.25, 0.3) is 0 Å². The van der Waals surface area contributed by atoms with E-state index < -0.39 is 29.3 Å². The summed E-state index contributed by atoms with van der Waals surface area (Å²) < 4.78 is 27.1. The average molecular weight is 291 g/mol. The molecule has 4 nitrogen and oxygen atoms in total. The van der Waals surface area contributed by atoms with Gasteiger partial charge in [0.05, 0.1) is 0 Å². The van der Waals surface area contributed by atoms with E-state index in [1.807, 2.05) is 5.32 Å². The number of imide groups is 1. The molecule has 7 heteroatoms. The van der Waals surface area contributed by atoms with Gasteiger partial charge in [0.15, 0.2) is 11.6 Å². The molecule has 0 spiro atoms. The van der Waals surface area contributed by atoms with E-state index in [1.165, 1.54) is 0 Å². The molecule has 1 aromatic carbocycles. The number of nitrogens with zero attached hydrogens (tertiary/aromatic N) is 1. The van der Waals surface area contributed by atoms with Gasteiger partial charge in [-0.05, 0) is 12.1 Å². The van der Waals surface area contributed by atoms with Crippen molar-refractivity contribution in [3.05, 3.63) is 28.2 Å². The fourth-order valence-corrected chi connectivity index (χ4v) is 1.82. The zero-order valence-electron chi connectivity index (χ0n) is 7.76. The largest absolute Gasteiger partial charge is 0.329 e. The van der Waals surface area contributed by atoms with E-state index >= 15 is 0 Å².